The highest BCUT2D eigenvalue weighted by atomic mass is 16.1. The van der Waals surface area contributed by atoms with Crippen molar-refractivity contribution in [1.29, 1.82) is 0 Å². The van der Waals surface area contributed by atoms with Crippen LogP contribution in [0.25, 0.3) is 0 Å². The Hall–Kier alpha value is -0.330. The average molecular weight is 222 g/mol. The first-order valence-electron chi connectivity index (χ1n) is 6.94. The van der Waals surface area contributed by atoms with Gasteiger partial charge in [-0.15, -0.1) is 0 Å². The summed E-state index contributed by atoms with van der Waals surface area (Å²) in [5.41, 5.74) is 0.540. The molecule has 2 unspecified atom stereocenters. The summed E-state index contributed by atoms with van der Waals surface area (Å²) in [7, 11) is 0. The van der Waals surface area contributed by atoms with Crippen molar-refractivity contribution in [2.75, 3.05) is 0 Å². The molecule has 5 atom stereocenters. The normalized spacial score (nSPS) is 48.5. The Labute approximate surface area is 100.0 Å². The molecule has 0 radical (unpaired) electrons. The minimum atomic E-state index is 0.367. The monoisotopic (exact) mass is 222 g/mol. The van der Waals surface area contributed by atoms with Crippen LogP contribution in [0.1, 0.15) is 59.8 Å². The van der Waals surface area contributed by atoms with Gasteiger partial charge in [0.05, 0.1) is 0 Å². The standard InChI is InChI=1S/C15H26O/c1-10-5-7-15(4)8-6-13(12(3)16)9-14(15)11(10)2/h10-11,13-14H,5-9H2,1-4H3/t10?,11-,13+,14?,15-/m1/s1. The first kappa shape index (κ1) is 12.1. The van der Waals surface area contributed by atoms with E-state index in [2.05, 4.69) is 20.8 Å². The molecule has 16 heavy (non-hydrogen) atoms. The van der Waals surface area contributed by atoms with Gasteiger partial charge in [0.1, 0.15) is 5.78 Å². The smallest absolute Gasteiger partial charge is 0.132 e. The molecule has 2 fully saturated rings. The molecule has 0 aromatic heterocycles. The van der Waals surface area contributed by atoms with Crippen LogP contribution < -0.4 is 0 Å². The minimum absolute atomic E-state index is 0.367. The molecule has 0 saturated heterocycles. The van der Waals surface area contributed by atoms with Crippen LogP contribution in [0, 0.1) is 29.1 Å². The third kappa shape index (κ3) is 1.94. The topological polar surface area (TPSA) is 17.1 Å². The SMILES string of the molecule is CC(=O)[C@H]1CC[C@@]2(C)CCC(C)[C@@H](C)C2C1. The quantitative estimate of drug-likeness (QED) is 0.654. The fraction of sp³-hybridized carbons (Fsp3) is 0.933. The molecule has 2 rings (SSSR count). The highest BCUT2D eigenvalue weighted by molar-refractivity contribution is 5.78. The van der Waals surface area contributed by atoms with Crippen molar-refractivity contribution in [3.63, 3.8) is 0 Å². The van der Waals surface area contributed by atoms with E-state index in [4.69, 9.17) is 0 Å². The van der Waals surface area contributed by atoms with Gasteiger partial charge < -0.3 is 0 Å². The number of Topliss-reactive ketones (excluding diaryl/α,β-unsaturated/α-hetero) is 1. The summed E-state index contributed by atoms with van der Waals surface area (Å²) in [5.74, 6) is 3.24. The van der Waals surface area contributed by atoms with Crippen LogP contribution in [0.2, 0.25) is 0 Å². The molecule has 2 aliphatic rings. The fourth-order valence-corrected chi connectivity index (χ4v) is 4.14. The van der Waals surface area contributed by atoms with Gasteiger partial charge in [-0.2, -0.15) is 0 Å². The number of hydrogen-bond donors (Lipinski definition) is 0. The van der Waals surface area contributed by atoms with E-state index in [-0.39, 0.29) is 0 Å². The maximum Gasteiger partial charge on any atom is 0.132 e. The van der Waals surface area contributed by atoms with Crippen molar-refractivity contribution >= 4 is 5.78 Å². The van der Waals surface area contributed by atoms with Crippen LogP contribution in [-0.2, 0) is 4.79 Å². The Bertz CT molecular complexity index is 283. The van der Waals surface area contributed by atoms with E-state index in [0.717, 1.165) is 30.6 Å². The van der Waals surface area contributed by atoms with Crippen molar-refractivity contribution in [2.24, 2.45) is 29.1 Å². The molecule has 1 heteroatoms. The Morgan fingerprint density at radius 1 is 1.19 bits per heavy atom. The number of ketones is 1. The maximum atomic E-state index is 11.6. The molecule has 0 spiro atoms. The predicted octanol–water partition coefficient (Wildman–Crippen LogP) is 4.06. The van der Waals surface area contributed by atoms with Gasteiger partial charge in [-0.3, -0.25) is 4.79 Å². The first-order chi connectivity index (χ1) is 7.44. The lowest BCUT2D eigenvalue weighted by atomic mass is 9.53. The third-order valence-electron chi connectivity index (χ3n) is 5.78. The number of carbonyl (C=O) groups excluding carboxylic acids is 1. The van der Waals surface area contributed by atoms with Gasteiger partial charge in [0.15, 0.2) is 0 Å². The van der Waals surface area contributed by atoms with Crippen LogP contribution in [0.15, 0.2) is 0 Å². The third-order valence-corrected chi connectivity index (χ3v) is 5.78. The van der Waals surface area contributed by atoms with Gasteiger partial charge in [0, 0.05) is 5.92 Å². The Kier molecular flexibility index (Phi) is 3.16. The molecule has 0 amide bonds. The van der Waals surface area contributed by atoms with Gasteiger partial charge in [-0.05, 0) is 62.2 Å². The zero-order valence-electron chi connectivity index (χ0n) is 11.3. The molecule has 0 N–H and O–H groups in total. The molecule has 2 aliphatic carbocycles. The van der Waals surface area contributed by atoms with Crippen molar-refractivity contribution in [3.05, 3.63) is 0 Å². The second kappa shape index (κ2) is 4.16. The lowest BCUT2D eigenvalue weighted by Gasteiger charge is -2.52. The predicted molar refractivity (Wildman–Crippen MR) is 67.2 cm³/mol. The van der Waals surface area contributed by atoms with Crippen LogP contribution in [0.5, 0.6) is 0 Å². The van der Waals surface area contributed by atoms with E-state index in [1.807, 2.05) is 0 Å². The van der Waals surface area contributed by atoms with E-state index >= 15 is 0 Å². The average Bonchev–Trinajstić information content (AvgIpc) is 2.24. The van der Waals surface area contributed by atoms with Gasteiger partial charge in [0.2, 0.25) is 0 Å². The van der Waals surface area contributed by atoms with Crippen molar-refractivity contribution < 1.29 is 4.79 Å². The Morgan fingerprint density at radius 2 is 1.81 bits per heavy atom. The van der Waals surface area contributed by atoms with Gasteiger partial charge >= 0.3 is 0 Å². The summed E-state index contributed by atoms with van der Waals surface area (Å²) >= 11 is 0. The first-order valence-corrected chi connectivity index (χ1v) is 6.94. The Morgan fingerprint density at radius 3 is 2.44 bits per heavy atom. The van der Waals surface area contributed by atoms with E-state index in [1.165, 1.54) is 19.3 Å². The molecular formula is C15H26O. The second-order valence-electron chi connectivity index (χ2n) is 6.72. The van der Waals surface area contributed by atoms with Crippen LogP contribution in [0.4, 0.5) is 0 Å². The number of rotatable bonds is 1. The van der Waals surface area contributed by atoms with Crippen LogP contribution >= 0.6 is 0 Å². The molecule has 1 nitrogen and oxygen atoms in total. The molecular weight excluding hydrogens is 196 g/mol. The molecule has 0 heterocycles. The van der Waals surface area contributed by atoms with Crippen molar-refractivity contribution in [1.82, 2.24) is 0 Å². The van der Waals surface area contributed by atoms with Gasteiger partial charge in [0.25, 0.3) is 0 Å². The largest absolute Gasteiger partial charge is 0.300 e. The van der Waals surface area contributed by atoms with Gasteiger partial charge in [-0.1, -0.05) is 20.8 Å². The number of hydrogen-bond acceptors (Lipinski definition) is 1. The number of fused-ring (bicyclic) bond motifs is 1. The summed E-state index contributed by atoms with van der Waals surface area (Å²) < 4.78 is 0. The molecule has 2 saturated carbocycles. The lowest BCUT2D eigenvalue weighted by Crippen LogP contribution is -2.44. The molecule has 0 aromatic rings. The highest BCUT2D eigenvalue weighted by Crippen LogP contribution is 2.55. The van der Waals surface area contributed by atoms with E-state index in [1.54, 1.807) is 6.92 Å². The molecule has 92 valence electrons. The summed E-state index contributed by atoms with van der Waals surface area (Å²) in [6.07, 6.45) is 6.35. The van der Waals surface area contributed by atoms with Crippen molar-refractivity contribution in [2.45, 2.75) is 59.8 Å². The summed E-state index contributed by atoms with van der Waals surface area (Å²) in [6, 6.07) is 0. The lowest BCUT2D eigenvalue weighted by molar-refractivity contribution is -0.125. The molecule has 0 aliphatic heterocycles. The van der Waals surface area contributed by atoms with Crippen LogP contribution in [-0.4, -0.2) is 5.78 Å². The minimum Gasteiger partial charge on any atom is -0.300 e. The summed E-state index contributed by atoms with van der Waals surface area (Å²) in [6.45, 7) is 9.05. The number of carbonyl (C=O) groups is 1. The Balaban J connectivity index is 2.15. The fourth-order valence-electron chi connectivity index (χ4n) is 4.14. The van der Waals surface area contributed by atoms with Crippen molar-refractivity contribution in [3.8, 4) is 0 Å². The zero-order valence-corrected chi connectivity index (χ0v) is 11.3. The molecule has 0 aromatic carbocycles. The maximum absolute atomic E-state index is 11.6. The highest BCUT2D eigenvalue weighted by Gasteiger charge is 2.47. The van der Waals surface area contributed by atoms with Crippen LogP contribution in [0.3, 0.4) is 0 Å². The zero-order chi connectivity index (χ0) is 11.9. The van der Waals surface area contributed by atoms with E-state index in [0.29, 0.717) is 17.1 Å². The van der Waals surface area contributed by atoms with E-state index in [9.17, 15) is 4.79 Å². The second-order valence-corrected chi connectivity index (χ2v) is 6.72. The van der Waals surface area contributed by atoms with Gasteiger partial charge in [-0.25, -0.2) is 0 Å². The van der Waals surface area contributed by atoms with E-state index < -0.39 is 0 Å². The molecule has 0 bridgehead atoms. The summed E-state index contributed by atoms with van der Waals surface area (Å²) in [5, 5.41) is 0. The summed E-state index contributed by atoms with van der Waals surface area (Å²) in [4.78, 5) is 11.6.